The number of carboxylic acids is 1. The van der Waals surface area contributed by atoms with E-state index in [9.17, 15) is 37.5 Å². The third-order valence-corrected chi connectivity index (χ3v) is 7.84. The van der Waals surface area contributed by atoms with Gasteiger partial charge in [-0.1, -0.05) is 44.2 Å². The molecule has 4 rings (SSSR count). The van der Waals surface area contributed by atoms with Crippen molar-refractivity contribution in [1.29, 1.82) is 0 Å². The second kappa shape index (κ2) is 10.9. The SMILES string of the molecule is CCc1cccc(CC)c1N1C(=O)C2C(c3cccc(C(F)(F)F)c3)NC(CCCNC(N)=O)(C(=O)O)C2C1=O. The van der Waals surface area contributed by atoms with Gasteiger partial charge in [-0.3, -0.25) is 19.7 Å². The van der Waals surface area contributed by atoms with Crippen molar-refractivity contribution < 1.29 is 37.5 Å². The van der Waals surface area contributed by atoms with Crippen LogP contribution in [0, 0.1) is 11.8 Å². The normalized spacial score (nSPS) is 24.3. The van der Waals surface area contributed by atoms with Gasteiger partial charge >= 0.3 is 18.2 Å². The van der Waals surface area contributed by atoms with Crippen LogP contribution in [-0.4, -0.2) is 41.0 Å². The van der Waals surface area contributed by atoms with Crippen molar-refractivity contribution in [3.05, 3.63) is 64.7 Å². The number of alkyl halides is 3. The molecule has 4 unspecified atom stereocenters. The van der Waals surface area contributed by atoms with E-state index in [1.54, 1.807) is 12.1 Å². The third-order valence-electron chi connectivity index (χ3n) is 7.84. The highest BCUT2D eigenvalue weighted by Gasteiger charge is 2.68. The number of hydrogen-bond donors (Lipinski definition) is 4. The number of amides is 4. The van der Waals surface area contributed by atoms with Crippen LogP contribution in [0.25, 0.3) is 0 Å². The average molecular weight is 561 g/mol. The van der Waals surface area contributed by atoms with Crippen LogP contribution in [0.3, 0.4) is 0 Å². The summed E-state index contributed by atoms with van der Waals surface area (Å²) in [5.74, 6) is -5.48. The van der Waals surface area contributed by atoms with Gasteiger partial charge in [0.05, 0.1) is 23.1 Å². The van der Waals surface area contributed by atoms with E-state index in [-0.39, 0.29) is 24.9 Å². The van der Waals surface area contributed by atoms with Crippen molar-refractivity contribution in [2.45, 2.75) is 57.3 Å². The molecule has 0 bridgehead atoms. The predicted molar refractivity (Wildman–Crippen MR) is 139 cm³/mol. The summed E-state index contributed by atoms with van der Waals surface area (Å²) in [4.78, 5) is 53.3. The molecule has 0 spiro atoms. The molecule has 4 atom stereocenters. The van der Waals surface area contributed by atoms with Crippen LogP contribution in [-0.2, 0) is 33.4 Å². The Morgan fingerprint density at radius 3 is 2.25 bits per heavy atom. The molecule has 2 saturated heterocycles. The van der Waals surface area contributed by atoms with Gasteiger partial charge in [0.1, 0.15) is 5.54 Å². The number of nitrogens with two attached hydrogens (primary N) is 1. The van der Waals surface area contributed by atoms with Gasteiger partial charge in [0.25, 0.3) is 0 Å². The number of anilines is 1. The van der Waals surface area contributed by atoms with Crippen molar-refractivity contribution in [3.63, 3.8) is 0 Å². The number of fused-ring (bicyclic) bond motifs is 1. The number of nitrogens with one attached hydrogen (secondary N) is 2. The van der Waals surface area contributed by atoms with E-state index in [0.29, 0.717) is 18.5 Å². The van der Waals surface area contributed by atoms with Gasteiger partial charge in [-0.25, -0.2) is 9.69 Å². The molecule has 0 aromatic heterocycles. The number of carbonyl (C=O) groups is 4. The average Bonchev–Trinajstić information content (AvgIpc) is 3.39. The number of carbonyl (C=O) groups excluding carboxylic acids is 3. The number of nitrogens with zero attached hydrogens (tertiary/aromatic N) is 1. The monoisotopic (exact) mass is 560 g/mol. The summed E-state index contributed by atoms with van der Waals surface area (Å²) in [5.41, 5.74) is 4.05. The summed E-state index contributed by atoms with van der Waals surface area (Å²) in [7, 11) is 0. The molecule has 2 aliphatic rings. The Bertz CT molecular complexity index is 1330. The first-order chi connectivity index (χ1) is 18.9. The molecule has 9 nitrogen and oxygen atoms in total. The van der Waals surface area contributed by atoms with Gasteiger partial charge in [0.15, 0.2) is 0 Å². The number of aliphatic carboxylic acids is 1. The maximum absolute atomic E-state index is 14.1. The van der Waals surface area contributed by atoms with Crippen LogP contribution in [0.1, 0.15) is 55.0 Å². The number of hydrogen-bond acceptors (Lipinski definition) is 5. The lowest BCUT2D eigenvalue weighted by molar-refractivity contribution is -0.149. The van der Waals surface area contributed by atoms with E-state index < -0.39 is 59.0 Å². The summed E-state index contributed by atoms with van der Waals surface area (Å²) in [5, 5.41) is 15.8. The van der Waals surface area contributed by atoms with E-state index in [4.69, 9.17) is 5.73 Å². The summed E-state index contributed by atoms with van der Waals surface area (Å²) < 4.78 is 40.7. The maximum Gasteiger partial charge on any atom is 0.416 e. The number of carboxylic acid groups (broad SMARTS) is 1. The minimum Gasteiger partial charge on any atom is -0.480 e. The van der Waals surface area contributed by atoms with Gasteiger partial charge in [-0.15, -0.1) is 0 Å². The van der Waals surface area contributed by atoms with E-state index in [2.05, 4.69) is 10.6 Å². The fourth-order valence-electron chi connectivity index (χ4n) is 6.03. The quantitative estimate of drug-likeness (QED) is 0.273. The van der Waals surface area contributed by atoms with E-state index >= 15 is 0 Å². The number of primary amides is 1. The lowest BCUT2D eigenvalue weighted by Crippen LogP contribution is -2.56. The molecule has 0 radical (unpaired) electrons. The maximum atomic E-state index is 14.1. The fourth-order valence-corrected chi connectivity index (χ4v) is 6.03. The minimum atomic E-state index is -4.67. The van der Waals surface area contributed by atoms with Crippen molar-refractivity contribution in [2.24, 2.45) is 17.6 Å². The first-order valence-electron chi connectivity index (χ1n) is 13.1. The number of urea groups is 1. The lowest BCUT2D eigenvalue weighted by Gasteiger charge is -2.32. The Labute approximate surface area is 228 Å². The zero-order valence-electron chi connectivity index (χ0n) is 22.0. The minimum absolute atomic E-state index is 0.00214. The Morgan fingerprint density at radius 2 is 1.70 bits per heavy atom. The van der Waals surface area contributed by atoms with Crippen LogP contribution in [0.4, 0.5) is 23.7 Å². The van der Waals surface area contributed by atoms with Gasteiger partial charge < -0.3 is 16.2 Å². The number of halogens is 3. The summed E-state index contributed by atoms with van der Waals surface area (Å²) in [6, 6.07) is 7.71. The standard InChI is InChI=1S/C28H31F3N4O5/c1-3-15-8-5-9-16(4-2)22(15)35-23(36)19-20(24(35)37)27(25(38)39,12-7-13-33-26(32)40)34-21(19)17-10-6-11-18(14-17)28(29,30)31/h5-6,8-11,14,19-21,34H,3-4,7,12-13H2,1-2H3,(H,38,39)(H3,32,33,40). The van der Waals surface area contributed by atoms with Gasteiger partial charge in [-0.2, -0.15) is 13.2 Å². The van der Waals surface area contributed by atoms with E-state index in [1.165, 1.54) is 12.1 Å². The van der Waals surface area contributed by atoms with Crippen molar-refractivity contribution in [2.75, 3.05) is 11.4 Å². The van der Waals surface area contributed by atoms with Crippen LogP contribution in [0.5, 0.6) is 0 Å². The summed E-state index contributed by atoms with van der Waals surface area (Å²) >= 11 is 0. The number of para-hydroxylation sites is 1. The molecule has 2 aromatic rings. The fraction of sp³-hybridized carbons (Fsp3) is 0.429. The highest BCUT2D eigenvalue weighted by atomic mass is 19.4. The van der Waals surface area contributed by atoms with Crippen molar-refractivity contribution in [3.8, 4) is 0 Å². The zero-order valence-corrected chi connectivity index (χ0v) is 22.0. The van der Waals surface area contributed by atoms with Crippen LogP contribution >= 0.6 is 0 Å². The van der Waals surface area contributed by atoms with Crippen LogP contribution in [0.15, 0.2) is 42.5 Å². The number of benzene rings is 2. The van der Waals surface area contributed by atoms with Crippen molar-refractivity contribution in [1.82, 2.24) is 10.6 Å². The number of aryl methyl sites for hydroxylation is 2. The molecule has 2 fully saturated rings. The molecule has 40 heavy (non-hydrogen) atoms. The van der Waals surface area contributed by atoms with E-state index in [1.807, 2.05) is 19.9 Å². The zero-order chi connectivity index (χ0) is 29.4. The van der Waals surface area contributed by atoms with Crippen LogP contribution in [0.2, 0.25) is 0 Å². The Kier molecular flexibility index (Phi) is 7.93. The Hall–Kier alpha value is -3.93. The molecular formula is C28H31F3N4O5. The topological polar surface area (TPSA) is 142 Å². The number of rotatable bonds is 9. The first-order valence-corrected chi connectivity index (χ1v) is 13.1. The highest BCUT2D eigenvalue weighted by molar-refractivity contribution is 6.25. The molecule has 4 amide bonds. The Balaban J connectivity index is 1.87. The second-order valence-corrected chi connectivity index (χ2v) is 10.1. The molecule has 12 heteroatoms. The second-order valence-electron chi connectivity index (χ2n) is 10.1. The third kappa shape index (κ3) is 4.91. The van der Waals surface area contributed by atoms with Crippen LogP contribution < -0.4 is 21.3 Å². The summed E-state index contributed by atoms with van der Waals surface area (Å²) in [6.07, 6.45) is -3.80. The molecule has 2 aliphatic heterocycles. The predicted octanol–water partition coefficient (Wildman–Crippen LogP) is 3.55. The lowest BCUT2D eigenvalue weighted by atomic mass is 9.77. The van der Waals surface area contributed by atoms with Gasteiger partial charge in [-0.05, 0) is 54.5 Å². The molecule has 214 valence electrons. The Morgan fingerprint density at radius 1 is 1.07 bits per heavy atom. The van der Waals surface area contributed by atoms with Crippen molar-refractivity contribution >= 4 is 29.5 Å². The molecule has 0 aliphatic carbocycles. The largest absolute Gasteiger partial charge is 0.480 e. The van der Waals surface area contributed by atoms with Gasteiger partial charge in [0, 0.05) is 12.6 Å². The highest BCUT2D eigenvalue weighted by Crippen LogP contribution is 2.52. The molecular weight excluding hydrogens is 529 g/mol. The molecule has 0 saturated carbocycles. The smallest absolute Gasteiger partial charge is 0.416 e. The molecule has 2 heterocycles. The molecule has 5 N–H and O–H groups in total. The van der Waals surface area contributed by atoms with Gasteiger partial charge in [0.2, 0.25) is 11.8 Å². The van der Waals surface area contributed by atoms with E-state index in [0.717, 1.165) is 28.2 Å². The first kappa shape index (κ1) is 29.1. The molecule has 2 aromatic carbocycles. The number of imide groups is 1. The summed E-state index contributed by atoms with van der Waals surface area (Å²) in [6.45, 7) is 3.73.